The monoisotopic (exact) mass is 469 g/mol. The van der Waals surface area contributed by atoms with Crippen molar-refractivity contribution in [1.29, 1.82) is 0 Å². The lowest BCUT2D eigenvalue weighted by molar-refractivity contribution is -0.134. The predicted molar refractivity (Wildman–Crippen MR) is 135 cm³/mol. The molecule has 2 aromatic carbocycles. The van der Waals surface area contributed by atoms with Crippen molar-refractivity contribution >= 4 is 44.8 Å². The van der Waals surface area contributed by atoms with Crippen LogP contribution in [0.2, 0.25) is 0 Å². The molecule has 2 amide bonds. The van der Waals surface area contributed by atoms with Gasteiger partial charge in [-0.25, -0.2) is 0 Å². The summed E-state index contributed by atoms with van der Waals surface area (Å²) in [5.74, 6) is -0.536. The van der Waals surface area contributed by atoms with E-state index in [0.717, 1.165) is 39.4 Å². The number of fused-ring (bicyclic) bond motifs is 12. The molecule has 2 aromatic heterocycles. The summed E-state index contributed by atoms with van der Waals surface area (Å²) in [7, 11) is 3.25. The van der Waals surface area contributed by atoms with Crippen LogP contribution in [0.3, 0.4) is 0 Å². The van der Waals surface area contributed by atoms with Gasteiger partial charge in [0.25, 0.3) is 11.8 Å². The number of hydrogen-bond donors (Lipinski definition) is 0. The van der Waals surface area contributed by atoms with E-state index < -0.39 is 0 Å². The number of ether oxygens (including phenoxy) is 2. The van der Waals surface area contributed by atoms with E-state index >= 15 is 0 Å². The Kier molecular flexibility index (Phi) is 5.31. The highest BCUT2D eigenvalue weighted by atomic mass is 16.5. The molecule has 0 spiro atoms. The molecule has 0 radical (unpaired) electrons. The molecule has 2 aliphatic heterocycles. The number of likely N-dealkylation sites (N-methyl/N-ethyl adjacent to an activating group) is 1. The normalized spacial score (nSPS) is 19.0. The first-order chi connectivity index (χ1) is 17.1. The van der Waals surface area contributed by atoms with Crippen molar-refractivity contribution in [2.75, 3.05) is 27.4 Å². The van der Waals surface area contributed by atoms with Crippen LogP contribution in [-0.4, -0.2) is 59.3 Å². The lowest BCUT2D eigenvalue weighted by Gasteiger charge is -2.18. The maximum atomic E-state index is 13.5. The van der Waals surface area contributed by atoms with Crippen molar-refractivity contribution in [1.82, 2.24) is 14.0 Å². The number of benzene rings is 2. The Morgan fingerprint density at radius 3 is 1.97 bits per heavy atom. The second kappa shape index (κ2) is 8.52. The number of methoxy groups -OCH3 is 1. The molecule has 7 nitrogen and oxygen atoms in total. The molecule has 1 atom stereocenters. The third-order valence-corrected chi connectivity index (χ3v) is 7.13. The Morgan fingerprint density at radius 1 is 0.857 bits per heavy atom. The number of amides is 2. The number of carbonyl (C=O) groups is 2. The van der Waals surface area contributed by atoms with E-state index in [0.29, 0.717) is 37.4 Å². The van der Waals surface area contributed by atoms with E-state index in [4.69, 9.17) is 9.47 Å². The first-order valence-electron chi connectivity index (χ1n) is 11.9. The molecule has 6 rings (SSSR count). The molecule has 35 heavy (non-hydrogen) atoms. The highest BCUT2D eigenvalue weighted by Gasteiger charge is 2.39. The predicted octanol–water partition coefficient (Wildman–Crippen LogP) is 3.94. The maximum absolute atomic E-state index is 13.5. The molecule has 4 bridgehead atoms. The van der Waals surface area contributed by atoms with Crippen molar-refractivity contribution in [3.8, 4) is 0 Å². The van der Waals surface area contributed by atoms with Crippen molar-refractivity contribution < 1.29 is 19.1 Å². The number of carbonyl (C=O) groups excluding carboxylic acids is 2. The zero-order valence-electron chi connectivity index (χ0n) is 19.9. The van der Waals surface area contributed by atoms with Crippen LogP contribution in [0.15, 0.2) is 60.9 Å². The Balaban J connectivity index is 1.66. The molecular weight excluding hydrogens is 442 g/mol. The summed E-state index contributed by atoms with van der Waals surface area (Å²) >= 11 is 0. The van der Waals surface area contributed by atoms with Gasteiger partial charge in [0.2, 0.25) is 0 Å². The molecular formula is C28H27N3O4. The third-order valence-electron chi connectivity index (χ3n) is 7.13. The highest BCUT2D eigenvalue weighted by molar-refractivity contribution is 6.50. The second-order valence-electron chi connectivity index (χ2n) is 9.16. The van der Waals surface area contributed by atoms with Crippen LogP contribution < -0.4 is 0 Å². The SMILES string of the molecule is COC[C@@H]1CCn2cc(c3ccccc32)C2=C(C(=O)N(C)C2=O)c2cn(c3ccccc23)CCO1. The molecule has 0 aliphatic carbocycles. The van der Waals surface area contributed by atoms with Crippen LogP contribution in [0.1, 0.15) is 17.5 Å². The van der Waals surface area contributed by atoms with Crippen molar-refractivity contribution in [2.45, 2.75) is 25.6 Å². The van der Waals surface area contributed by atoms with Gasteiger partial charge in [0.1, 0.15) is 0 Å². The van der Waals surface area contributed by atoms with E-state index in [1.165, 1.54) is 4.90 Å². The summed E-state index contributed by atoms with van der Waals surface area (Å²) in [5, 5.41) is 1.91. The van der Waals surface area contributed by atoms with Gasteiger partial charge in [-0.2, -0.15) is 0 Å². The van der Waals surface area contributed by atoms with Gasteiger partial charge in [-0.15, -0.1) is 0 Å². The van der Waals surface area contributed by atoms with Gasteiger partial charge in [0, 0.05) is 72.6 Å². The molecule has 0 saturated carbocycles. The first-order valence-corrected chi connectivity index (χ1v) is 11.9. The van der Waals surface area contributed by atoms with Gasteiger partial charge in [-0.3, -0.25) is 14.5 Å². The van der Waals surface area contributed by atoms with E-state index in [1.807, 2.05) is 54.9 Å². The Bertz CT molecular complexity index is 1510. The van der Waals surface area contributed by atoms with E-state index in [1.54, 1.807) is 14.2 Å². The van der Waals surface area contributed by atoms with Gasteiger partial charge >= 0.3 is 0 Å². The fourth-order valence-electron chi connectivity index (χ4n) is 5.40. The van der Waals surface area contributed by atoms with E-state index in [9.17, 15) is 9.59 Å². The Labute approximate surface area is 203 Å². The van der Waals surface area contributed by atoms with Crippen LogP contribution in [-0.2, 0) is 32.2 Å². The largest absolute Gasteiger partial charge is 0.382 e. The van der Waals surface area contributed by atoms with Crippen LogP contribution >= 0.6 is 0 Å². The molecule has 0 N–H and O–H groups in total. The van der Waals surface area contributed by atoms with E-state index in [-0.39, 0.29) is 17.9 Å². The van der Waals surface area contributed by atoms with Gasteiger partial charge < -0.3 is 18.6 Å². The van der Waals surface area contributed by atoms with Gasteiger partial charge in [-0.1, -0.05) is 36.4 Å². The zero-order chi connectivity index (χ0) is 24.1. The van der Waals surface area contributed by atoms with Crippen LogP contribution in [0.5, 0.6) is 0 Å². The molecule has 7 heteroatoms. The van der Waals surface area contributed by atoms with Crippen molar-refractivity contribution in [3.63, 3.8) is 0 Å². The molecule has 0 unspecified atom stereocenters. The highest BCUT2D eigenvalue weighted by Crippen LogP contribution is 2.41. The number of aromatic nitrogens is 2. The number of aryl methyl sites for hydroxylation is 1. The minimum atomic E-state index is -0.270. The first kappa shape index (κ1) is 21.8. The number of hydrogen-bond acceptors (Lipinski definition) is 4. The molecule has 178 valence electrons. The third kappa shape index (κ3) is 3.42. The number of rotatable bonds is 2. The van der Waals surface area contributed by atoms with E-state index in [2.05, 4.69) is 15.2 Å². The van der Waals surface area contributed by atoms with Crippen LogP contribution in [0.25, 0.3) is 33.0 Å². The van der Waals surface area contributed by atoms with Crippen LogP contribution in [0, 0.1) is 0 Å². The number of imide groups is 1. The lowest BCUT2D eigenvalue weighted by atomic mass is 9.95. The molecule has 0 saturated heterocycles. The average molecular weight is 470 g/mol. The molecule has 4 aromatic rings. The summed E-state index contributed by atoms with van der Waals surface area (Å²) < 4.78 is 16.0. The van der Waals surface area contributed by atoms with Crippen LogP contribution in [0.4, 0.5) is 0 Å². The standard InChI is InChI=1S/C28H27N3O4/c1-29-27(32)25-21-15-30(23-9-5-3-7-19(21)23)12-11-18(17-34-2)35-14-13-31-16-22(26(25)28(29)33)20-8-4-6-10-24(20)31/h3-10,15-16,18H,11-14,17H2,1-2H3/t18-/m0/s1. The summed E-state index contributed by atoms with van der Waals surface area (Å²) in [5.41, 5.74) is 4.53. The van der Waals surface area contributed by atoms with Crippen molar-refractivity contribution in [3.05, 3.63) is 72.1 Å². The molecule has 2 aliphatic rings. The number of nitrogens with zero attached hydrogens (tertiary/aromatic N) is 3. The molecule has 0 fully saturated rings. The van der Waals surface area contributed by atoms with Gasteiger partial charge in [-0.05, 0) is 18.6 Å². The topological polar surface area (TPSA) is 65.7 Å². The fourth-order valence-corrected chi connectivity index (χ4v) is 5.40. The summed E-state index contributed by atoms with van der Waals surface area (Å²) in [4.78, 5) is 28.3. The minimum Gasteiger partial charge on any atom is -0.382 e. The fraction of sp³-hybridized carbons (Fsp3) is 0.286. The summed E-state index contributed by atoms with van der Waals surface area (Å²) in [6, 6.07) is 16.0. The second-order valence-corrected chi connectivity index (χ2v) is 9.16. The van der Waals surface area contributed by atoms with Gasteiger partial charge in [0.15, 0.2) is 0 Å². The lowest BCUT2D eigenvalue weighted by Crippen LogP contribution is -2.26. The zero-order valence-corrected chi connectivity index (χ0v) is 19.9. The Morgan fingerprint density at radius 2 is 1.40 bits per heavy atom. The minimum absolute atomic E-state index is 0.0514. The smallest absolute Gasteiger partial charge is 0.261 e. The van der Waals surface area contributed by atoms with Gasteiger partial charge in [0.05, 0.1) is 30.5 Å². The van der Waals surface area contributed by atoms with Crippen molar-refractivity contribution in [2.24, 2.45) is 0 Å². The Hall–Kier alpha value is -3.68. The maximum Gasteiger partial charge on any atom is 0.261 e. The summed E-state index contributed by atoms with van der Waals surface area (Å²) in [6.45, 7) is 2.37. The summed E-state index contributed by atoms with van der Waals surface area (Å²) in [6.07, 6.45) is 4.72. The number of para-hydroxylation sites is 2. The average Bonchev–Trinajstić information content (AvgIpc) is 3.49. The quantitative estimate of drug-likeness (QED) is 0.417. The molecule has 4 heterocycles.